The lowest BCUT2D eigenvalue weighted by Crippen LogP contribution is -2.31. The van der Waals surface area contributed by atoms with Crippen molar-refractivity contribution in [3.8, 4) is 5.75 Å². The number of halogens is 3. The van der Waals surface area contributed by atoms with E-state index in [0.717, 1.165) is 17.0 Å². The van der Waals surface area contributed by atoms with Gasteiger partial charge in [-0.1, -0.05) is 42.5 Å². The van der Waals surface area contributed by atoms with Crippen molar-refractivity contribution < 1.29 is 17.9 Å². The Morgan fingerprint density at radius 2 is 1.74 bits per heavy atom. The minimum absolute atomic E-state index is 0.233. The fraction of sp³-hybridized carbons (Fsp3) is 0.273. The molecule has 3 rings (SSSR count). The lowest BCUT2D eigenvalue weighted by atomic mass is 10.2. The van der Waals surface area contributed by atoms with E-state index < -0.39 is 6.36 Å². The molecule has 0 amide bonds. The van der Waals surface area contributed by atoms with Gasteiger partial charge in [-0.15, -0.1) is 13.2 Å². The van der Waals surface area contributed by atoms with Crippen LogP contribution in [-0.2, 0) is 19.6 Å². The number of guanidine groups is 1. The standard InChI is InChI=1S/C22H24F3N5O/c1-15-20(16(2)30(29-15)14-18-6-4-3-5-7-18)13-28-21(26)27-12-17-8-10-19(11-9-17)31-22(23,24)25/h3-11H,12-14H2,1-2H3,(H3,26,27,28). The number of benzene rings is 2. The van der Waals surface area contributed by atoms with E-state index in [4.69, 9.17) is 5.73 Å². The summed E-state index contributed by atoms with van der Waals surface area (Å²) >= 11 is 0. The van der Waals surface area contributed by atoms with Gasteiger partial charge in [0.15, 0.2) is 5.96 Å². The molecule has 9 heteroatoms. The van der Waals surface area contributed by atoms with Gasteiger partial charge >= 0.3 is 6.36 Å². The van der Waals surface area contributed by atoms with E-state index in [1.54, 1.807) is 0 Å². The van der Waals surface area contributed by atoms with Crippen molar-refractivity contribution in [2.45, 2.75) is 39.8 Å². The zero-order valence-corrected chi connectivity index (χ0v) is 17.3. The summed E-state index contributed by atoms with van der Waals surface area (Å²) in [4.78, 5) is 4.24. The number of rotatable bonds is 7. The third-order valence-electron chi connectivity index (χ3n) is 4.74. The maximum atomic E-state index is 12.2. The zero-order chi connectivity index (χ0) is 22.4. The molecule has 0 atom stereocenters. The quantitative estimate of drug-likeness (QED) is 0.437. The Morgan fingerprint density at radius 3 is 2.39 bits per heavy atom. The van der Waals surface area contributed by atoms with Gasteiger partial charge < -0.3 is 15.8 Å². The molecule has 0 saturated carbocycles. The largest absolute Gasteiger partial charge is 0.573 e. The van der Waals surface area contributed by atoms with Gasteiger partial charge in [-0.25, -0.2) is 4.99 Å². The third-order valence-corrected chi connectivity index (χ3v) is 4.74. The number of hydrogen-bond acceptors (Lipinski definition) is 3. The molecule has 0 bridgehead atoms. The summed E-state index contributed by atoms with van der Waals surface area (Å²) in [7, 11) is 0. The van der Waals surface area contributed by atoms with Gasteiger partial charge in [0.2, 0.25) is 0 Å². The highest BCUT2D eigenvalue weighted by molar-refractivity contribution is 5.77. The number of alkyl halides is 3. The molecule has 0 aliphatic rings. The van der Waals surface area contributed by atoms with Crippen LogP contribution in [0.3, 0.4) is 0 Å². The van der Waals surface area contributed by atoms with E-state index in [9.17, 15) is 13.2 Å². The molecule has 0 unspecified atom stereocenters. The van der Waals surface area contributed by atoms with Gasteiger partial charge in [-0.05, 0) is 37.1 Å². The van der Waals surface area contributed by atoms with Gasteiger partial charge in [-0.2, -0.15) is 5.10 Å². The third kappa shape index (κ3) is 6.50. The Labute approximate surface area is 178 Å². The summed E-state index contributed by atoms with van der Waals surface area (Å²) in [5, 5.41) is 7.69. The molecule has 0 spiro atoms. The predicted octanol–water partition coefficient (Wildman–Crippen LogP) is 4.05. The van der Waals surface area contributed by atoms with Crippen LogP contribution in [0.2, 0.25) is 0 Å². The lowest BCUT2D eigenvalue weighted by molar-refractivity contribution is -0.274. The highest BCUT2D eigenvalue weighted by atomic mass is 19.4. The van der Waals surface area contributed by atoms with Crippen molar-refractivity contribution in [1.82, 2.24) is 15.1 Å². The molecule has 1 aromatic heterocycles. The van der Waals surface area contributed by atoms with Crippen LogP contribution in [0.5, 0.6) is 5.75 Å². The first-order chi connectivity index (χ1) is 14.7. The Bertz CT molecular complexity index is 1030. The Hall–Kier alpha value is -3.49. The summed E-state index contributed by atoms with van der Waals surface area (Å²) in [6.07, 6.45) is -4.71. The highest BCUT2D eigenvalue weighted by Gasteiger charge is 2.30. The summed E-state index contributed by atoms with van der Waals surface area (Å²) in [6.45, 7) is 5.35. The van der Waals surface area contributed by atoms with E-state index in [2.05, 4.69) is 32.3 Å². The van der Waals surface area contributed by atoms with Crippen LogP contribution >= 0.6 is 0 Å². The maximum absolute atomic E-state index is 12.2. The van der Waals surface area contributed by atoms with Crippen LogP contribution in [0, 0.1) is 13.8 Å². The molecule has 164 valence electrons. The molecule has 3 N–H and O–H groups in total. The number of aliphatic imine (C=N–C) groups is 1. The average Bonchev–Trinajstić information content (AvgIpc) is 2.98. The van der Waals surface area contributed by atoms with Crippen LogP contribution in [0.1, 0.15) is 28.1 Å². The van der Waals surface area contributed by atoms with Gasteiger partial charge in [0.05, 0.1) is 18.8 Å². The first-order valence-corrected chi connectivity index (χ1v) is 9.66. The molecule has 0 aliphatic heterocycles. The predicted molar refractivity (Wildman–Crippen MR) is 113 cm³/mol. The van der Waals surface area contributed by atoms with Gasteiger partial charge in [-0.3, -0.25) is 4.68 Å². The van der Waals surface area contributed by atoms with Gasteiger partial charge in [0.25, 0.3) is 0 Å². The zero-order valence-electron chi connectivity index (χ0n) is 17.3. The monoisotopic (exact) mass is 431 g/mol. The van der Waals surface area contributed by atoms with Gasteiger partial charge in [0.1, 0.15) is 5.75 Å². The molecule has 6 nitrogen and oxygen atoms in total. The van der Waals surface area contributed by atoms with E-state index in [0.29, 0.717) is 18.7 Å². The number of aromatic nitrogens is 2. The Balaban J connectivity index is 1.56. The number of ether oxygens (including phenoxy) is 1. The van der Waals surface area contributed by atoms with Crippen molar-refractivity contribution in [3.63, 3.8) is 0 Å². The second kappa shape index (κ2) is 9.55. The van der Waals surface area contributed by atoms with E-state index >= 15 is 0 Å². The first-order valence-electron chi connectivity index (χ1n) is 9.66. The molecule has 31 heavy (non-hydrogen) atoms. The molecule has 2 aromatic carbocycles. The van der Waals surface area contributed by atoms with E-state index in [1.807, 2.05) is 36.7 Å². The minimum atomic E-state index is -4.71. The summed E-state index contributed by atoms with van der Waals surface area (Å²) < 4.78 is 42.4. The van der Waals surface area contributed by atoms with Crippen LogP contribution in [0.4, 0.5) is 13.2 Å². The average molecular weight is 431 g/mol. The molecular weight excluding hydrogens is 407 g/mol. The number of hydrogen-bond donors (Lipinski definition) is 2. The second-order valence-electron chi connectivity index (χ2n) is 7.04. The molecule has 0 aliphatic carbocycles. The normalized spacial score (nSPS) is 12.1. The number of nitrogens with one attached hydrogen (secondary N) is 1. The smallest absolute Gasteiger partial charge is 0.406 e. The van der Waals surface area contributed by atoms with E-state index in [-0.39, 0.29) is 18.3 Å². The van der Waals surface area contributed by atoms with Crippen molar-refractivity contribution in [2.75, 3.05) is 0 Å². The lowest BCUT2D eigenvalue weighted by Gasteiger charge is -2.09. The van der Waals surface area contributed by atoms with Crippen molar-refractivity contribution in [1.29, 1.82) is 0 Å². The SMILES string of the molecule is Cc1nn(Cc2ccccc2)c(C)c1CNC(N)=NCc1ccc(OC(F)(F)F)cc1. The van der Waals surface area contributed by atoms with Crippen molar-refractivity contribution in [2.24, 2.45) is 10.7 Å². The number of nitrogens with two attached hydrogens (primary N) is 1. The minimum Gasteiger partial charge on any atom is -0.406 e. The summed E-state index contributed by atoms with van der Waals surface area (Å²) in [6, 6.07) is 15.6. The van der Waals surface area contributed by atoms with Crippen LogP contribution in [0.25, 0.3) is 0 Å². The highest BCUT2D eigenvalue weighted by Crippen LogP contribution is 2.23. The van der Waals surface area contributed by atoms with Gasteiger partial charge in [0, 0.05) is 17.8 Å². The van der Waals surface area contributed by atoms with Crippen molar-refractivity contribution >= 4 is 5.96 Å². The summed E-state index contributed by atoms with van der Waals surface area (Å²) in [5.41, 5.74) is 10.8. The maximum Gasteiger partial charge on any atom is 0.573 e. The van der Waals surface area contributed by atoms with Crippen LogP contribution in [-0.4, -0.2) is 22.1 Å². The fourth-order valence-electron chi connectivity index (χ4n) is 3.11. The first kappa shape index (κ1) is 22.2. The molecule has 0 saturated heterocycles. The molecule has 0 radical (unpaired) electrons. The Kier molecular flexibility index (Phi) is 6.84. The number of nitrogens with zero attached hydrogens (tertiary/aromatic N) is 3. The molecule has 1 heterocycles. The van der Waals surface area contributed by atoms with Crippen molar-refractivity contribution in [3.05, 3.63) is 82.7 Å². The van der Waals surface area contributed by atoms with E-state index in [1.165, 1.54) is 29.8 Å². The Morgan fingerprint density at radius 1 is 1.06 bits per heavy atom. The number of aryl methyl sites for hydroxylation is 1. The van der Waals surface area contributed by atoms with Crippen LogP contribution < -0.4 is 15.8 Å². The molecule has 0 fully saturated rings. The topological polar surface area (TPSA) is 77.5 Å². The molecular formula is C22H24F3N5O. The fourth-order valence-corrected chi connectivity index (χ4v) is 3.11. The molecule has 3 aromatic rings. The second-order valence-corrected chi connectivity index (χ2v) is 7.04. The summed E-state index contributed by atoms with van der Waals surface area (Å²) in [5.74, 6) is -0.0324. The van der Waals surface area contributed by atoms with Crippen LogP contribution in [0.15, 0.2) is 59.6 Å².